The van der Waals surface area contributed by atoms with Crippen LogP contribution in [-0.4, -0.2) is 11.2 Å². The Hall–Kier alpha value is -0.810. The molecule has 0 spiro atoms. The molecule has 2 rings (SSSR count). The Labute approximate surface area is 83.0 Å². The van der Waals surface area contributed by atoms with Crippen molar-refractivity contribution in [2.24, 2.45) is 0 Å². The number of fused-ring (bicyclic) bond motifs is 1. The molecule has 0 saturated carbocycles. The largest absolute Gasteiger partial charge is 0.375 e. The maximum Gasteiger partial charge on any atom is 0.181 e. The van der Waals surface area contributed by atoms with Gasteiger partial charge in [-0.1, -0.05) is 11.3 Å². The van der Waals surface area contributed by atoms with E-state index in [1.54, 1.807) is 17.8 Å². The van der Waals surface area contributed by atoms with E-state index in [-0.39, 0.29) is 5.82 Å². The summed E-state index contributed by atoms with van der Waals surface area (Å²) in [5.41, 5.74) is 6.19. The molecule has 0 aliphatic heterocycles. The summed E-state index contributed by atoms with van der Waals surface area (Å²) >= 11 is 2.73. The van der Waals surface area contributed by atoms with Gasteiger partial charge in [-0.15, -0.1) is 11.8 Å². The number of nitrogens with two attached hydrogens (primary N) is 1. The van der Waals surface area contributed by atoms with Gasteiger partial charge in [-0.3, -0.25) is 0 Å². The van der Waals surface area contributed by atoms with E-state index in [1.807, 2.05) is 6.26 Å². The first-order chi connectivity index (χ1) is 6.22. The number of nitrogen functional groups attached to an aromatic ring is 1. The maximum absolute atomic E-state index is 13.2. The van der Waals surface area contributed by atoms with Crippen LogP contribution < -0.4 is 5.73 Å². The molecule has 2 N–H and O–H groups in total. The number of halogens is 1. The van der Waals surface area contributed by atoms with Crippen LogP contribution in [0.2, 0.25) is 0 Å². The lowest BCUT2D eigenvalue weighted by Crippen LogP contribution is -1.81. The lowest BCUT2D eigenvalue weighted by atomic mass is 10.3. The molecule has 0 fully saturated rings. The second-order valence-corrected chi connectivity index (χ2v) is 4.36. The second-order valence-electron chi connectivity index (χ2n) is 2.48. The maximum atomic E-state index is 13.2. The number of nitrogens with zero attached hydrogens (tertiary/aromatic N) is 1. The molecule has 1 heterocycles. The van der Waals surface area contributed by atoms with Crippen LogP contribution in [0.15, 0.2) is 17.0 Å². The van der Waals surface area contributed by atoms with Gasteiger partial charge in [0.1, 0.15) is 11.3 Å². The van der Waals surface area contributed by atoms with Crippen molar-refractivity contribution in [1.29, 1.82) is 0 Å². The van der Waals surface area contributed by atoms with Gasteiger partial charge >= 0.3 is 0 Å². The first-order valence-electron chi connectivity index (χ1n) is 3.61. The molecule has 1 aromatic heterocycles. The van der Waals surface area contributed by atoms with Crippen molar-refractivity contribution in [3.63, 3.8) is 0 Å². The van der Waals surface area contributed by atoms with E-state index < -0.39 is 0 Å². The average molecular weight is 214 g/mol. The van der Waals surface area contributed by atoms with Crippen molar-refractivity contribution in [2.75, 3.05) is 12.0 Å². The molecular weight excluding hydrogens is 207 g/mol. The number of aromatic nitrogens is 1. The van der Waals surface area contributed by atoms with Gasteiger partial charge in [0.2, 0.25) is 0 Å². The van der Waals surface area contributed by atoms with E-state index >= 15 is 0 Å². The summed E-state index contributed by atoms with van der Waals surface area (Å²) in [6.45, 7) is 0. The molecule has 68 valence electrons. The van der Waals surface area contributed by atoms with Crippen LogP contribution in [0.1, 0.15) is 0 Å². The van der Waals surface area contributed by atoms with Crippen LogP contribution in [-0.2, 0) is 0 Å². The molecule has 0 aliphatic carbocycles. The summed E-state index contributed by atoms with van der Waals surface area (Å²) in [4.78, 5) is 5.04. The zero-order chi connectivity index (χ0) is 9.42. The standard InChI is InChI=1S/C8H7FN2S2/c1-12-5-3-2-4(9)7-6(5)11-8(10)13-7/h2-3H,1H3,(H2,10,11). The Morgan fingerprint density at radius 2 is 2.31 bits per heavy atom. The van der Waals surface area contributed by atoms with E-state index in [2.05, 4.69) is 4.98 Å². The van der Waals surface area contributed by atoms with Crippen molar-refractivity contribution in [1.82, 2.24) is 4.98 Å². The molecule has 0 aliphatic rings. The van der Waals surface area contributed by atoms with E-state index in [1.165, 1.54) is 17.4 Å². The highest BCUT2D eigenvalue weighted by Crippen LogP contribution is 2.32. The minimum absolute atomic E-state index is 0.248. The minimum Gasteiger partial charge on any atom is -0.375 e. The number of hydrogen-bond donors (Lipinski definition) is 1. The lowest BCUT2D eigenvalue weighted by molar-refractivity contribution is 0.641. The summed E-state index contributed by atoms with van der Waals surface area (Å²) in [5.74, 6) is -0.248. The molecule has 0 radical (unpaired) electrons. The Bertz CT molecular complexity index is 453. The highest BCUT2D eigenvalue weighted by Gasteiger charge is 2.09. The number of thioether (sulfide) groups is 1. The Balaban J connectivity index is 2.83. The predicted octanol–water partition coefficient (Wildman–Crippen LogP) is 2.74. The Morgan fingerprint density at radius 1 is 1.54 bits per heavy atom. The van der Waals surface area contributed by atoms with Crippen LogP contribution >= 0.6 is 23.1 Å². The van der Waals surface area contributed by atoms with Crippen molar-refractivity contribution >= 4 is 38.4 Å². The van der Waals surface area contributed by atoms with Crippen molar-refractivity contribution in [3.05, 3.63) is 17.9 Å². The van der Waals surface area contributed by atoms with E-state index in [0.717, 1.165) is 4.90 Å². The number of rotatable bonds is 1. The molecule has 0 bridgehead atoms. The minimum atomic E-state index is -0.248. The third-order valence-electron chi connectivity index (χ3n) is 1.69. The van der Waals surface area contributed by atoms with Gasteiger partial charge in [0.15, 0.2) is 5.13 Å². The summed E-state index contributed by atoms with van der Waals surface area (Å²) in [7, 11) is 0. The number of hydrogen-bond acceptors (Lipinski definition) is 4. The highest BCUT2D eigenvalue weighted by molar-refractivity contribution is 7.98. The highest BCUT2D eigenvalue weighted by atomic mass is 32.2. The number of benzene rings is 1. The van der Waals surface area contributed by atoms with Crippen LogP contribution in [0.3, 0.4) is 0 Å². The summed E-state index contributed by atoms with van der Waals surface area (Å²) in [6.07, 6.45) is 1.93. The Kier molecular flexibility index (Phi) is 2.13. The van der Waals surface area contributed by atoms with Crippen molar-refractivity contribution in [3.8, 4) is 0 Å². The topological polar surface area (TPSA) is 38.9 Å². The van der Waals surface area contributed by atoms with E-state index in [0.29, 0.717) is 15.3 Å². The van der Waals surface area contributed by atoms with Gasteiger partial charge < -0.3 is 5.73 Å². The van der Waals surface area contributed by atoms with Crippen molar-refractivity contribution < 1.29 is 4.39 Å². The van der Waals surface area contributed by atoms with E-state index in [4.69, 9.17) is 5.73 Å². The zero-order valence-electron chi connectivity index (χ0n) is 6.87. The number of thiazole rings is 1. The third-order valence-corrected chi connectivity index (χ3v) is 3.36. The van der Waals surface area contributed by atoms with Gasteiger partial charge in [0.05, 0.1) is 4.70 Å². The van der Waals surface area contributed by atoms with Crippen molar-refractivity contribution in [2.45, 2.75) is 4.90 Å². The number of anilines is 1. The molecular formula is C8H7FN2S2. The van der Waals surface area contributed by atoms with E-state index in [9.17, 15) is 4.39 Å². The smallest absolute Gasteiger partial charge is 0.181 e. The van der Waals surface area contributed by atoms with Crippen LogP contribution in [0, 0.1) is 5.82 Å². The molecule has 0 atom stereocenters. The quantitative estimate of drug-likeness (QED) is 0.742. The molecule has 2 aromatic rings. The molecule has 0 amide bonds. The lowest BCUT2D eigenvalue weighted by Gasteiger charge is -1.96. The fourth-order valence-corrected chi connectivity index (χ4v) is 2.51. The summed E-state index contributed by atoms with van der Waals surface area (Å²) in [5, 5.41) is 0.412. The first kappa shape index (κ1) is 8.77. The Morgan fingerprint density at radius 3 is 3.00 bits per heavy atom. The summed E-state index contributed by atoms with van der Waals surface area (Å²) in [6, 6.07) is 3.17. The molecule has 13 heavy (non-hydrogen) atoms. The fraction of sp³-hybridized carbons (Fsp3) is 0.125. The monoisotopic (exact) mass is 214 g/mol. The van der Waals surface area contributed by atoms with Gasteiger partial charge in [-0.05, 0) is 18.4 Å². The molecule has 5 heteroatoms. The SMILES string of the molecule is CSc1ccc(F)c2sc(N)nc12. The normalized spacial score (nSPS) is 10.9. The van der Waals surface area contributed by atoms with Gasteiger partial charge in [0, 0.05) is 4.90 Å². The van der Waals surface area contributed by atoms with Crippen LogP contribution in [0.5, 0.6) is 0 Å². The first-order valence-corrected chi connectivity index (χ1v) is 5.65. The van der Waals surface area contributed by atoms with Gasteiger partial charge in [0.25, 0.3) is 0 Å². The summed E-state index contributed by atoms with van der Waals surface area (Å²) < 4.78 is 13.8. The van der Waals surface area contributed by atoms with Gasteiger partial charge in [-0.2, -0.15) is 0 Å². The van der Waals surface area contributed by atoms with Crippen LogP contribution in [0.25, 0.3) is 10.2 Å². The fourth-order valence-electron chi connectivity index (χ4n) is 1.13. The predicted molar refractivity (Wildman–Crippen MR) is 55.8 cm³/mol. The van der Waals surface area contributed by atoms with Crippen LogP contribution in [0.4, 0.5) is 9.52 Å². The average Bonchev–Trinajstić information content (AvgIpc) is 2.48. The van der Waals surface area contributed by atoms with Gasteiger partial charge in [-0.25, -0.2) is 9.37 Å². The molecule has 2 nitrogen and oxygen atoms in total. The second kappa shape index (κ2) is 3.16. The molecule has 0 unspecified atom stereocenters. The molecule has 1 aromatic carbocycles. The third kappa shape index (κ3) is 1.38. The zero-order valence-corrected chi connectivity index (χ0v) is 8.51. The molecule has 0 saturated heterocycles.